The van der Waals surface area contributed by atoms with E-state index in [2.05, 4.69) is 10.3 Å². The van der Waals surface area contributed by atoms with Crippen molar-refractivity contribution in [3.63, 3.8) is 0 Å². The number of carbonyl (C=O) groups excluding carboxylic acids is 1. The van der Waals surface area contributed by atoms with Crippen molar-refractivity contribution < 1.29 is 19.4 Å². The van der Waals surface area contributed by atoms with Gasteiger partial charge in [-0.1, -0.05) is 41.9 Å². The lowest BCUT2D eigenvalue weighted by Crippen LogP contribution is -2.51. The summed E-state index contributed by atoms with van der Waals surface area (Å²) in [5.41, 5.74) is 5.67. The second-order valence-electron chi connectivity index (χ2n) is 8.18. The van der Waals surface area contributed by atoms with Crippen molar-refractivity contribution in [2.45, 2.75) is 43.9 Å². The second kappa shape index (κ2) is 8.06. The van der Waals surface area contributed by atoms with Gasteiger partial charge in [-0.05, 0) is 37.3 Å². The third-order valence-corrected chi connectivity index (χ3v) is 6.17. The molecule has 0 saturated heterocycles. The number of halogens is 1. The number of benzene rings is 1. The van der Waals surface area contributed by atoms with Gasteiger partial charge in [0.2, 0.25) is 0 Å². The third kappa shape index (κ3) is 3.97. The molecule has 0 spiro atoms. The van der Waals surface area contributed by atoms with Crippen LogP contribution in [0, 0.1) is 5.92 Å². The molecule has 1 aromatic heterocycles. The molecule has 1 amide bonds. The number of alkyl carbamates (subject to hydrolysis) is 1. The lowest BCUT2D eigenvalue weighted by Gasteiger charge is -2.40. The summed E-state index contributed by atoms with van der Waals surface area (Å²) < 4.78 is 11.3. The highest BCUT2D eigenvalue weighted by atomic mass is 35.5. The minimum absolute atomic E-state index is 0.0149. The quantitative estimate of drug-likeness (QED) is 0.606. The molecule has 1 aliphatic heterocycles. The third-order valence-electron chi connectivity index (χ3n) is 5.92. The summed E-state index contributed by atoms with van der Waals surface area (Å²) in [6, 6.07) is 11.3. The molecule has 2 aliphatic rings. The first-order chi connectivity index (χ1) is 14.4. The predicted molar refractivity (Wildman–Crippen MR) is 112 cm³/mol. The first kappa shape index (κ1) is 20.9. The number of ether oxygens (including phenoxy) is 2. The van der Waals surface area contributed by atoms with Crippen molar-refractivity contribution in [1.29, 1.82) is 0 Å². The van der Waals surface area contributed by atoms with Crippen molar-refractivity contribution in [3.8, 4) is 5.75 Å². The first-order valence-electron chi connectivity index (χ1n) is 10.1. The molecule has 0 bridgehead atoms. The Morgan fingerprint density at radius 1 is 1.43 bits per heavy atom. The number of amides is 1. The highest BCUT2D eigenvalue weighted by Gasteiger charge is 2.52. The Balaban J connectivity index is 1.65. The van der Waals surface area contributed by atoms with E-state index in [4.69, 9.17) is 26.8 Å². The fourth-order valence-corrected chi connectivity index (χ4v) is 4.22. The average Bonchev–Trinajstić information content (AvgIpc) is 3.59. The summed E-state index contributed by atoms with van der Waals surface area (Å²) in [6.45, 7) is 2.15. The van der Waals surface area contributed by atoms with Gasteiger partial charge in [-0.15, -0.1) is 0 Å². The molecular weight excluding hydrogens is 406 g/mol. The fraction of sp³-hybridized carbons (Fsp3) is 0.455. The van der Waals surface area contributed by atoms with Crippen LogP contribution in [0.2, 0.25) is 5.15 Å². The number of rotatable bonds is 6. The van der Waals surface area contributed by atoms with Gasteiger partial charge in [0.1, 0.15) is 12.2 Å². The SMILES string of the molecule is CC(O)(CN)c1cc2c(c(Cl)n1)OCCC2(NC(=O)OCc1ccccc1)C1CC1. The number of hydrogen-bond donors (Lipinski definition) is 3. The van der Waals surface area contributed by atoms with Gasteiger partial charge in [-0.3, -0.25) is 0 Å². The van der Waals surface area contributed by atoms with E-state index < -0.39 is 17.2 Å². The largest absolute Gasteiger partial charge is 0.490 e. The summed E-state index contributed by atoms with van der Waals surface area (Å²) >= 11 is 6.41. The van der Waals surface area contributed by atoms with E-state index in [0.29, 0.717) is 24.5 Å². The second-order valence-corrected chi connectivity index (χ2v) is 8.54. The zero-order valence-corrected chi connectivity index (χ0v) is 17.6. The van der Waals surface area contributed by atoms with Crippen LogP contribution in [0.25, 0.3) is 0 Å². The van der Waals surface area contributed by atoms with E-state index in [1.165, 1.54) is 0 Å². The number of fused-ring (bicyclic) bond motifs is 1. The lowest BCUT2D eigenvalue weighted by molar-refractivity contribution is 0.0611. The molecule has 2 atom stereocenters. The Morgan fingerprint density at radius 2 is 2.17 bits per heavy atom. The first-order valence-corrected chi connectivity index (χ1v) is 10.5. The summed E-state index contributed by atoms with van der Waals surface area (Å²) in [5.74, 6) is 0.674. The summed E-state index contributed by atoms with van der Waals surface area (Å²) in [5, 5.41) is 13.9. The van der Waals surface area contributed by atoms with E-state index in [1.807, 2.05) is 30.3 Å². The molecule has 8 heteroatoms. The van der Waals surface area contributed by atoms with Gasteiger partial charge in [0.05, 0.1) is 17.8 Å². The number of carbonyl (C=O) groups is 1. The average molecular weight is 432 g/mol. The number of pyridine rings is 1. The minimum Gasteiger partial charge on any atom is -0.490 e. The van der Waals surface area contributed by atoms with Crippen molar-refractivity contribution in [2.24, 2.45) is 11.7 Å². The summed E-state index contributed by atoms with van der Waals surface area (Å²) in [6.07, 6.45) is 2.02. The van der Waals surface area contributed by atoms with Crippen LogP contribution in [0.3, 0.4) is 0 Å². The highest BCUT2D eigenvalue weighted by Crippen LogP contribution is 2.53. The minimum atomic E-state index is -1.35. The van der Waals surface area contributed by atoms with Gasteiger partial charge in [0, 0.05) is 18.5 Å². The lowest BCUT2D eigenvalue weighted by atomic mass is 9.79. The molecule has 30 heavy (non-hydrogen) atoms. The maximum Gasteiger partial charge on any atom is 0.408 e. The molecule has 4 rings (SSSR count). The van der Waals surface area contributed by atoms with Gasteiger partial charge in [0.15, 0.2) is 10.9 Å². The predicted octanol–water partition coefficient (Wildman–Crippen LogP) is 3.22. The Morgan fingerprint density at radius 3 is 2.83 bits per heavy atom. The van der Waals surface area contributed by atoms with E-state index in [1.54, 1.807) is 13.0 Å². The fourth-order valence-electron chi connectivity index (χ4n) is 3.97. The normalized spacial score (nSPS) is 22.4. The van der Waals surface area contributed by atoms with E-state index >= 15 is 0 Å². The molecule has 7 nitrogen and oxygen atoms in total. The van der Waals surface area contributed by atoms with Crippen LogP contribution in [0.1, 0.15) is 43.0 Å². The Labute approximate surface area is 180 Å². The molecule has 1 saturated carbocycles. The topological polar surface area (TPSA) is 107 Å². The molecule has 2 aromatic rings. The van der Waals surface area contributed by atoms with Crippen LogP contribution in [0.5, 0.6) is 5.75 Å². The van der Waals surface area contributed by atoms with Gasteiger partial charge in [-0.2, -0.15) is 0 Å². The molecule has 2 unspecified atom stereocenters. The number of aliphatic hydroxyl groups is 1. The molecule has 1 aliphatic carbocycles. The van der Waals surface area contributed by atoms with Crippen LogP contribution < -0.4 is 15.8 Å². The van der Waals surface area contributed by atoms with E-state index in [0.717, 1.165) is 24.0 Å². The molecule has 160 valence electrons. The van der Waals surface area contributed by atoms with E-state index in [-0.39, 0.29) is 24.2 Å². The van der Waals surface area contributed by atoms with Crippen LogP contribution in [-0.2, 0) is 22.5 Å². The summed E-state index contributed by atoms with van der Waals surface area (Å²) in [7, 11) is 0. The van der Waals surface area contributed by atoms with Crippen molar-refractivity contribution in [2.75, 3.05) is 13.2 Å². The van der Waals surface area contributed by atoms with Gasteiger partial charge < -0.3 is 25.6 Å². The zero-order valence-electron chi connectivity index (χ0n) is 16.9. The monoisotopic (exact) mass is 431 g/mol. The smallest absolute Gasteiger partial charge is 0.408 e. The molecule has 1 fully saturated rings. The number of hydrogen-bond acceptors (Lipinski definition) is 6. The molecular formula is C22H26ClN3O4. The van der Waals surface area contributed by atoms with Gasteiger partial charge >= 0.3 is 6.09 Å². The number of nitrogens with zero attached hydrogens (tertiary/aromatic N) is 1. The van der Waals surface area contributed by atoms with Crippen LogP contribution in [-0.4, -0.2) is 29.3 Å². The standard InChI is InChI=1S/C22H26ClN3O4/c1-21(28,13-24)17-11-16-18(19(23)25-17)29-10-9-22(16,15-7-8-15)26-20(27)30-12-14-5-3-2-4-6-14/h2-6,11,15,28H,7-10,12-13,24H2,1H3,(H,26,27). The number of nitrogens with one attached hydrogen (secondary N) is 1. The van der Waals surface area contributed by atoms with Crippen LogP contribution >= 0.6 is 11.6 Å². The van der Waals surface area contributed by atoms with Crippen molar-refractivity contribution >= 4 is 17.7 Å². The maximum atomic E-state index is 12.8. The van der Waals surface area contributed by atoms with Crippen LogP contribution in [0.15, 0.2) is 36.4 Å². The van der Waals surface area contributed by atoms with Crippen LogP contribution in [0.4, 0.5) is 4.79 Å². The molecule has 4 N–H and O–H groups in total. The highest BCUT2D eigenvalue weighted by molar-refractivity contribution is 6.31. The zero-order chi connectivity index (χ0) is 21.4. The van der Waals surface area contributed by atoms with Gasteiger partial charge in [0.25, 0.3) is 0 Å². The van der Waals surface area contributed by atoms with Crippen molar-refractivity contribution in [3.05, 3.63) is 58.4 Å². The number of aromatic nitrogens is 1. The number of nitrogens with two attached hydrogens (primary N) is 1. The Hall–Kier alpha value is -2.35. The van der Waals surface area contributed by atoms with Gasteiger partial charge in [-0.25, -0.2) is 9.78 Å². The Bertz CT molecular complexity index is 933. The summed E-state index contributed by atoms with van der Waals surface area (Å²) in [4.78, 5) is 17.1. The van der Waals surface area contributed by atoms with E-state index in [9.17, 15) is 9.90 Å². The molecule has 0 radical (unpaired) electrons. The molecule has 2 heterocycles. The van der Waals surface area contributed by atoms with Crippen molar-refractivity contribution in [1.82, 2.24) is 10.3 Å². The Kier molecular flexibility index (Phi) is 5.61. The maximum absolute atomic E-state index is 12.8. The molecule has 1 aromatic carbocycles.